The predicted octanol–water partition coefficient (Wildman–Crippen LogP) is 1.03. The molecule has 0 fully saturated rings. The van der Waals surface area contributed by atoms with Crippen molar-refractivity contribution in [3.8, 4) is 0 Å². The van der Waals surface area contributed by atoms with E-state index in [9.17, 15) is 9.90 Å². The molecular formula is C13H22N4O2. The number of nitrogen functional groups attached to an aromatic ring is 1. The van der Waals surface area contributed by atoms with Crippen molar-refractivity contribution >= 4 is 11.6 Å². The second-order valence-corrected chi connectivity index (χ2v) is 5.52. The lowest BCUT2D eigenvalue weighted by molar-refractivity contribution is 0.0468. The predicted molar refractivity (Wildman–Crippen MR) is 73.8 cm³/mol. The molecule has 1 aromatic rings. The minimum Gasteiger partial charge on any atom is -0.396 e. The van der Waals surface area contributed by atoms with Gasteiger partial charge in [0.15, 0.2) is 5.69 Å². The number of nitrogens with zero attached hydrogens (tertiary/aromatic N) is 3. The average molecular weight is 266 g/mol. The van der Waals surface area contributed by atoms with E-state index < -0.39 is 5.54 Å². The molecule has 0 atom stereocenters. The van der Waals surface area contributed by atoms with Gasteiger partial charge in [-0.15, -0.1) is 0 Å². The van der Waals surface area contributed by atoms with Crippen LogP contribution in [0.1, 0.15) is 49.9 Å². The summed E-state index contributed by atoms with van der Waals surface area (Å²) in [6.07, 6.45) is 1.45. The molecule has 0 aliphatic heterocycles. The molecule has 0 aliphatic rings. The third-order valence-electron chi connectivity index (χ3n) is 3.15. The standard InChI is InChI=1S/C13H22N4O2/c1-8(2)11-15-6-9(14)10(16-11)12(19)17(5)13(3,4)7-18/h6,8,18H,7,14H2,1-5H3. The lowest BCUT2D eigenvalue weighted by Crippen LogP contribution is -2.48. The molecule has 0 aromatic carbocycles. The lowest BCUT2D eigenvalue weighted by atomic mass is 10.0. The number of anilines is 1. The number of likely N-dealkylation sites (N-methyl/N-ethyl adjacent to an activating group) is 1. The van der Waals surface area contributed by atoms with Crippen LogP contribution in [-0.2, 0) is 0 Å². The fourth-order valence-corrected chi connectivity index (χ4v) is 1.39. The van der Waals surface area contributed by atoms with Gasteiger partial charge in [0.1, 0.15) is 5.82 Å². The van der Waals surface area contributed by atoms with Crippen LogP contribution in [0.2, 0.25) is 0 Å². The van der Waals surface area contributed by atoms with Gasteiger partial charge < -0.3 is 15.7 Å². The number of nitrogens with two attached hydrogens (primary N) is 1. The SMILES string of the molecule is CC(C)c1ncc(N)c(C(=O)N(C)C(C)(C)CO)n1. The van der Waals surface area contributed by atoms with Gasteiger partial charge in [0, 0.05) is 13.0 Å². The van der Waals surface area contributed by atoms with E-state index >= 15 is 0 Å². The lowest BCUT2D eigenvalue weighted by Gasteiger charge is -2.33. The molecule has 19 heavy (non-hydrogen) atoms. The summed E-state index contributed by atoms with van der Waals surface area (Å²) in [4.78, 5) is 22.2. The van der Waals surface area contributed by atoms with Gasteiger partial charge in [0.25, 0.3) is 5.91 Å². The largest absolute Gasteiger partial charge is 0.396 e. The Morgan fingerprint density at radius 1 is 1.53 bits per heavy atom. The smallest absolute Gasteiger partial charge is 0.275 e. The molecule has 0 radical (unpaired) electrons. The molecule has 0 bridgehead atoms. The molecule has 0 saturated carbocycles. The maximum atomic E-state index is 12.4. The Morgan fingerprint density at radius 2 is 2.11 bits per heavy atom. The summed E-state index contributed by atoms with van der Waals surface area (Å²) in [6.45, 7) is 7.29. The third-order valence-corrected chi connectivity index (χ3v) is 3.15. The summed E-state index contributed by atoms with van der Waals surface area (Å²) in [5.41, 5.74) is 5.53. The Balaban J connectivity index is 3.15. The minimum atomic E-state index is -0.674. The van der Waals surface area contributed by atoms with Gasteiger partial charge in [-0.1, -0.05) is 13.8 Å². The van der Waals surface area contributed by atoms with Crippen molar-refractivity contribution in [2.75, 3.05) is 19.4 Å². The van der Waals surface area contributed by atoms with Crippen LogP contribution >= 0.6 is 0 Å². The number of aliphatic hydroxyl groups excluding tert-OH is 1. The van der Waals surface area contributed by atoms with Gasteiger partial charge in [-0.05, 0) is 13.8 Å². The number of aromatic nitrogens is 2. The highest BCUT2D eigenvalue weighted by molar-refractivity contribution is 5.97. The maximum absolute atomic E-state index is 12.4. The van der Waals surface area contributed by atoms with Gasteiger partial charge in [-0.2, -0.15) is 0 Å². The first-order valence-electron chi connectivity index (χ1n) is 6.22. The summed E-state index contributed by atoms with van der Waals surface area (Å²) in [5.74, 6) is 0.372. The van der Waals surface area contributed by atoms with E-state index in [1.54, 1.807) is 20.9 Å². The minimum absolute atomic E-state index is 0.114. The summed E-state index contributed by atoms with van der Waals surface area (Å²) in [5, 5.41) is 9.31. The topological polar surface area (TPSA) is 92.3 Å². The van der Waals surface area contributed by atoms with E-state index in [-0.39, 0.29) is 29.8 Å². The summed E-state index contributed by atoms with van der Waals surface area (Å²) >= 11 is 0. The van der Waals surface area contributed by atoms with Gasteiger partial charge >= 0.3 is 0 Å². The Hall–Kier alpha value is -1.69. The average Bonchev–Trinajstić information content (AvgIpc) is 2.37. The number of hydrogen-bond donors (Lipinski definition) is 2. The summed E-state index contributed by atoms with van der Waals surface area (Å²) < 4.78 is 0. The monoisotopic (exact) mass is 266 g/mol. The van der Waals surface area contributed by atoms with Gasteiger partial charge in [-0.3, -0.25) is 4.79 Å². The van der Waals surface area contributed by atoms with Crippen molar-refractivity contribution in [1.29, 1.82) is 0 Å². The number of carbonyl (C=O) groups is 1. The fraction of sp³-hybridized carbons (Fsp3) is 0.615. The highest BCUT2D eigenvalue weighted by Crippen LogP contribution is 2.19. The van der Waals surface area contributed by atoms with Crippen molar-refractivity contribution < 1.29 is 9.90 Å². The van der Waals surface area contributed by atoms with Crippen LogP contribution < -0.4 is 5.73 Å². The molecule has 6 heteroatoms. The molecule has 0 unspecified atom stereocenters. The zero-order valence-corrected chi connectivity index (χ0v) is 12.1. The first-order valence-corrected chi connectivity index (χ1v) is 6.22. The zero-order chi connectivity index (χ0) is 14.8. The van der Waals surface area contributed by atoms with E-state index in [1.807, 2.05) is 13.8 Å². The van der Waals surface area contributed by atoms with Crippen LogP contribution in [0.15, 0.2) is 6.20 Å². The Morgan fingerprint density at radius 3 is 2.58 bits per heavy atom. The Labute approximate surface area is 113 Å². The molecule has 106 valence electrons. The van der Waals surface area contributed by atoms with Crippen molar-refractivity contribution in [3.63, 3.8) is 0 Å². The first-order chi connectivity index (χ1) is 8.70. The second-order valence-electron chi connectivity index (χ2n) is 5.52. The highest BCUT2D eigenvalue weighted by atomic mass is 16.3. The molecular weight excluding hydrogens is 244 g/mol. The number of amides is 1. The molecule has 6 nitrogen and oxygen atoms in total. The van der Waals surface area contributed by atoms with Crippen LogP contribution in [0, 0.1) is 0 Å². The van der Waals surface area contributed by atoms with E-state index in [2.05, 4.69) is 9.97 Å². The van der Waals surface area contributed by atoms with E-state index in [0.29, 0.717) is 5.82 Å². The number of rotatable bonds is 4. The quantitative estimate of drug-likeness (QED) is 0.849. The van der Waals surface area contributed by atoms with Crippen molar-refractivity contribution in [2.24, 2.45) is 0 Å². The summed E-state index contributed by atoms with van der Waals surface area (Å²) in [6, 6.07) is 0. The molecule has 1 rings (SSSR count). The van der Waals surface area contributed by atoms with Gasteiger partial charge in [-0.25, -0.2) is 9.97 Å². The normalized spacial score (nSPS) is 11.7. The van der Waals surface area contributed by atoms with E-state index in [4.69, 9.17) is 5.73 Å². The van der Waals surface area contributed by atoms with Crippen LogP contribution in [0.3, 0.4) is 0 Å². The van der Waals surface area contributed by atoms with Gasteiger partial charge in [0.05, 0.1) is 24.0 Å². The molecule has 1 heterocycles. The highest BCUT2D eigenvalue weighted by Gasteiger charge is 2.29. The van der Waals surface area contributed by atoms with E-state index in [0.717, 1.165) is 0 Å². The van der Waals surface area contributed by atoms with Crippen molar-refractivity contribution in [1.82, 2.24) is 14.9 Å². The zero-order valence-electron chi connectivity index (χ0n) is 12.1. The molecule has 1 amide bonds. The number of aliphatic hydroxyl groups is 1. The van der Waals surface area contributed by atoms with Crippen LogP contribution in [0.4, 0.5) is 5.69 Å². The van der Waals surface area contributed by atoms with E-state index in [1.165, 1.54) is 11.1 Å². The Bertz CT molecular complexity index is 472. The second kappa shape index (κ2) is 5.52. The molecule has 0 saturated heterocycles. The number of hydrogen-bond acceptors (Lipinski definition) is 5. The molecule has 0 aliphatic carbocycles. The van der Waals surface area contributed by atoms with Crippen LogP contribution in [0.5, 0.6) is 0 Å². The number of carbonyl (C=O) groups excluding carboxylic acids is 1. The molecule has 0 spiro atoms. The summed E-state index contributed by atoms with van der Waals surface area (Å²) in [7, 11) is 1.62. The third kappa shape index (κ3) is 3.20. The van der Waals surface area contributed by atoms with Crippen LogP contribution in [-0.4, -0.2) is 45.1 Å². The molecule has 3 N–H and O–H groups in total. The van der Waals surface area contributed by atoms with Crippen LogP contribution in [0.25, 0.3) is 0 Å². The molecule has 1 aromatic heterocycles. The maximum Gasteiger partial charge on any atom is 0.275 e. The fourth-order valence-electron chi connectivity index (χ4n) is 1.39. The van der Waals surface area contributed by atoms with Crippen molar-refractivity contribution in [2.45, 2.75) is 39.2 Å². The van der Waals surface area contributed by atoms with Gasteiger partial charge in [0.2, 0.25) is 0 Å². The van der Waals surface area contributed by atoms with Crippen molar-refractivity contribution in [3.05, 3.63) is 17.7 Å². The first kappa shape index (κ1) is 15.4. The Kier molecular flexibility index (Phi) is 4.47.